The lowest BCUT2D eigenvalue weighted by molar-refractivity contribution is 0.141. The van der Waals surface area contributed by atoms with Crippen molar-refractivity contribution in [3.05, 3.63) is 34.4 Å². The zero-order valence-electron chi connectivity index (χ0n) is 8.60. The number of hydrogen-bond donors (Lipinski definition) is 2. The smallest absolute Gasteiger partial charge is 0.257 e. The molecule has 1 aromatic heterocycles. The molecule has 0 spiro atoms. The predicted molar refractivity (Wildman–Crippen MR) is 61.4 cm³/mol. The SMILES string of the molecule is NC[C@H](O)c1nc(-c2ccc(F)cc2Br)no1. The zero-order chi connectivity index (χ0) is 12.4. The van der Waals surface area contributed by atoms with Crippen LogP contribution in [0, 0.1) is 5.82 Å². The molecule has 7 heteroatoms. The molecule has 0 saturated heterocycles. The lowest BCUT2D eigenvalue weighted by Gasteiger charge is -1.99. The molecule has 2 rings (SSSR count). The third-order valence-electron chi connectivity index (χ3n) is 2.12. The van der Waals surface area contributed by atoms with Gasteiger partial charge in [-0.1, -0.05) is 5.16 Å². The standard InChI is InChI=1S/C10H9BrFN3O2/c11-7-3-5(12)1-2-6(7)9-14-10(17-15-9)8(16)4-13/h1-3,8,16H,4,13H2/t8-/m0/s1. The lowest BCUT2D eigenvalue weighted by atomic mass is 10.2. The first-order valence-corrected chi connectivity index (χ1v) is 5.58. The Morgan fingerprint density at radius 2 is 2.29 bits per heavy atom. The second kappa shape index (κ2) is 4.91. The molecule has 1 heterocycles. The average molecular weight is 302 g/mol. The van der Waals surface area contributed by atoms with Crippen molar-refractivity contribution in [1.82, 2.24) is 10.1 Å². The van der Waals surface area contributed by atoms with Crippen LogP contribution in [0.4, 0.5) is 4.39 Å². The van der Waals surface area contributed by atoms with Crippen molar-refractivity contribution in [2.75, 3.05) is 6.54 Å². The number of hydrogen-bond acceptors (Lipinski definition) is 5. The molecule has 0 amide bonds. The summed E-state index contributed by atoms with van der Waals surface area (Å²) in [6.45, 7) is -0.00772. The van der Waals surface area contributed by atoms with E-state index in [1.165, 1.54) is 18.2 Å². The number of benzene rings is 1. The van der Waals surface area contributed by atoms with Crippen molar-refractivity contribution in [3.8, 4) is 11.4 Å². The summed E-state index contributed by atoms with van der Waals surface area (Å²) in [4.78, 5) is 3.98. The highest BCUT2D eigenvalue weighted by molar-refractivity contribution is 9.10. The molecule has 0 aliphatic heterocycles. The number of aromatic nitrogens is 2. The summed E-state index contributed by atoms with van der Waals surface area (Å²) in [5.41, 5.74) is 5.84. The Kier molecular flexibility index (Phi) is 3.51. The van der Waals surface area contributed by atoms with Gasteiger partial charge in [0.2, 0.25) is 5.82 Å². The van der Waals surface area contributed by atoms with Crippen molar-refractivity contribution >= 4 is 15.9 Å². The first kappa shape index (κ1) is 12.2. The number of nitrogens with two attached hydrogens (primary N) is 1. The molecule has 0 unspecified atom stereocenters. The van der Waals surface area contributed by atoms with E-state index in [2.05, 4.69) is 26.1 Å². The molecule has 1 aromatic carbocycles. The molecule has 0 radical (unpaired) electrons. The molecular formula is C10H9BrFN3O2. The van der Waals surface area contributed by atoms with Crippen LogP contribution in [0.15, 0.2) is 27.2 Å². The van der Waals surface area contributed by atoms with Crippen LogP contribution in [-0.4, -0.2) is 21.8 Å². The molecule has 17 heavy (non-hydrogen) atoms. The summed E-state index contributed by atoms with van der Waals surface area (Å²) in [6, 6.07) is 4.10. The van der Waals surface area contributed by atoms with Crippen LogP contribution in [0.3, 0.4) is 0 Å². The van der Waals surface area contributed by atoms with Gasteiger partial charge in [-0.3, -0.25) is 0 Å². The van der Waals surface area contributed by atoms with E-state index in [0.717, 1.165) is 0 Å². The van der Waals surface area contributed by atoms with Crippen LogP contribution >= 0.6 is 15.9 Å². The molecule has 0 aliphatic carbocycles. The summed E-state index contributed by atoms with van der Waals surface area (Å²) in [5.74, 6) is -0.0653. The number of aliphatic hydroxyl groups excluding tert-OH is 1. The van der Waals surface area contributed by atoms with Gasteiger partial charge in [-0.05, 0) is 34.1 Å². The van der Waals surface area contributed by atoms with Crippen molar-refractivity contribution in [2.45, 2.75) is 6.10 Å². The summed E-state index contributed by atoms with van der Waals surface area (Å²) >= 11 is 3.20. The lowest BCUT2D eigenvalue weighted by Crippen LogP contribution is -2.11. The van der Waals surface area contributed by atoms with E-state index in [0.29, 0.717) is 10.0 Å². The van der Waals surface area contributed by atoms with Crippen LogP contribution in [0.1, 0.15) is 12.0 Å². The Bertz CT molecular complexity index is 532. The van der Waals surface area contributed by atoms with Gasteiger partial charge in [0.15, 0.2) is 0 Å². The highest BCUT2D eigenvalue weighted by atomic mass is 79.9. The maximum atomic E-state index is 12.9. The molecule has 0 saturated carbocycles. The van der Waals surface area contributed by atoms with E-state index in [1.807, 2.05) is 0 Å². The fourth-order valence-electron chi connectivity index (χ4n) is 1.25. The van der Waals surface area contributed by atoms with Crippen LogP contribution in [0.25, 0.3) is 11.4 Å². The molecule has 1 atom stereocenters. The van der Waals surface area contributed by atoms with Crippen LogP contribution < -0.4 is 5.73 Å². The quantitative estimate of drug-likeness (QED) is 0.900. The maximum Gasteiger partial charge on any atom is 0.257 e. The van der Waals surface area contributed by atoms with Crippen LogP contribution in [0.5, 0.6) is 0 Å². The van der Waals surface area contributed by atoms with E-state index >= 15 is 0 Å². The fourth-order valence-corrected chi connectivity index (χ4v) is 1.78. The normalized spacial score (nSPS) is 12.7. The molecule has 0 fully saturated rings. The first-order chi connectivity index (χ1) is 8.11. The molecule has 3 N–H and O–H groups in total. The zero-order valence-corrected chi connectivity index (χ0v) is 10.2. The molecule has 5 nitrogen and oxygen atoms in total. The Labute approximate surface area is 105 Å². The third-order valence-corrected chi connectivity index (χ3v) is 2.78. The average Bonchev–Trinajstić information content (AvgIpc) is 2.77. The molecule has 2 aromatic rings. The summed E-state index contributed by atoms with van der Waals surface area (Å²) < 4.78 is 18.3. The minimum atomic E-state index is -0.990. The second-order valence-electron chi connectivity index (χ2n) is 3.33. The van der Waals surface area contributed by atoms with Gasteiger partial charge in [-0.25, -0.2) is 4.39 Å². The van der Waals surface area contributed by atoms with E-state index < -0.39 is 6.10 Å². The van der Waals surface area contributed by atoms with E-state index in [1.54, 1.807) is 0 Å². The highest BCUT2D eigenvalue weighted by Crippen LogP contribution is 2.27. The van der Waals surface area contributed by atoms with Gasteiger partial charge in [0.05, 0.1) is 0 Å². The van der Waals surface area contributed by atoms with Gasteiger partial charge in [-0.2, -0.15) is 4.98 Å². The predicted octanol–water partition coefficient (Wildman–Crippen LogP) is 1.63. The molecule has 0 bridgehead atoms. The fraction of sp³-hybridized carbons (Fsp3) is 0.200. The van der Waals surface area contributed by atoms with Crippen LogP contribution in [0.2, 0.25) is 0 Å². The summed E-state index contributed by atoms with van der Waals surface area (Å²) in [6.07, 6.45) is -0.990. The van der Waals surface area contributed by atoms with Crippen molar-refractivity contribution in [1.29, 1.82) is 0 Å². The monoisotopic (exact) mass is 301 g/mol. The second-order valence-corrected chi connectivity index (χ2v) is 4.19. The van der Waals surface area contributed by atoms with Gasteiger partial charge in [0.1, 0.15) is 11.9 Å². The number of aliphatic hydroxyl groups is 1. The Morgan fingerprint density at radius 1 is 1.53 bits per heavy atom. The third kappa shape index (κ3) is 2.51. The van der Waals surface area contributed by atoms with E-state index in [-0.39, 0.29) is 24.1 Å². The van der Waals surface area contributed by atoms with Crippen molar-refractivity contribution < 1.29 is 14.0 Å². The van der Waals surface area contributed by atoms with Gasteiger partial charge in [-0.15, -0.1) is 0 Å². The first-order valence-electron chi connectivity index (χ1n) is 4.79. The van der Waals surface area contributed by atoms with Gasteiger partial charge in [0, 0.05) is 16.6 Å². The Hall–Kier alpha value is -1.31. The van der Waals surface area contributed by atoms with Crippen molar-refractivity contribution in [3.63, 3.8) is 0 Å². The minimum absolute atomic E-state index is 0.00772. The largest absolute Gasteiger partial charge is 0.382 e. The van der Waals surface area contributed by atoms with Crippen LogP contribution in [-0.2, 0) is 0 Å². The molecular weight excluding hydrogens is 293 g/mol. The number of rotatable bonds is 3. The summed E-state index contributed by atoms with van der Waals surface area (Å²) in [7, 11) is 0. The van der Waals surface area contributed by atoms with E-state index in [4.69, 9.17) is 10.3 Å². The molecule has 0 aliphatic rings. The topological polar surface area (TPSA) is 85.2 Å². The maximum absolute atomic E-state index is 12.9. The van der Waals surface area contributed by atoms with Gasteiger partial charge in [0.25, 0.3) is 5.89 Å². The number of nitrogens with zero attached hydrogens (tertiary/aromatic N) is 2. The minimum Gasteiger partial charge on any atom is -0.382 e. The molecule has 90 valence electrons. The van der Waals surface area contributed by atoms with Gasteiger partial charge >= 0.3 is 0 Å². The highest BCUT2D eigenvalue weighted by Gasteiger charge is 2.16. The number of halogens is 2. The Balaban J connectivity index is 2.37. The summed E-state index contributed by atoms with van der Waals surface area (Å²) in [5, 5.41) is 13.1. The Morgan fingerprint density at radius 3 is 2.94 bits per heavy atom. The van der Waals surface area contributed by atoms with Crippen molar-refractivity contribution in [2.24, 2.45) is 5.73 Å². The van der Waals surface area contributed by atoms with E-state index in [9.17, 15) is 9.50 Å². The van der Waals surface area contributed by atoms with Gasteiger partial charge < -0.3 is 15.4 Å².